The minimum atomic E-state index is -0.596. The van der Waals surface area contributed by atoms with Gasteiger partial charge in [0.1, 0.15) is 17.5 Å². The van der Waals surface area contributed by atoms with Crippen molar-refractivity contribution in [1.82, 2.24) is 15.1 Å². The van der Waals surface area contributed by atoms with Crippen LogP contribution in [0.5, 0.6) is 5.75 Å². The molecule has 1 aromatic rings. The topological polar surface area (TPSA) is 100 Å². The summed E-state index contributed by atoms with van der Waals surface area (Å²) in [7, 11) is 3.43. The van der Waals surface area contributed by atoms with E-state index in [1.165, 1.54) is 4.90 Å². The molecule has 1 aliphatic rings. The van der Waals surface area contributed by atoms with Crippen LogP contribution in [0.1, 0.15) is 47.1 Å². The van der Waals surface area contributed by atoms with Crippen LogP contribution in [0.3, 0.4) is 0 Å². The van der Waals surface area contributed by atoms with Gasteiger partial charge in [0.2, 0.25) is 5.91 Å². The molecule has 1 heterocycles. The molecule has 0 radical (unpaired) electrons. The Morgan fingerprint density at radius 2 is 1.97 bits per heavy atom. The lowest BCUT2D eigenvalue weighted by Gasteiger charge is -2.31. The fraction of sp³-hybridized carbons (Fsp3) is 0.625. The maximum absolute atomic E-state index is 12.8. The standard InChI is InChI=1S/C24H38N4O5/c1-15(2)25-22(30)26-18-9-10-19-17(11-18)12-21(29)27(7)13-16(3)20(32-19)14-28(8)23(31)33-24(4,5)6/h9-11,15-16,20H,12-14H2,1-8H3,(H2,25,26,30)/t16-,20+/m1/s1. The third-order valence-electron chi connectivity index (χ3n) is 5.14. The molecule has 0 saturated heterocycles. The van der Waals surface area contributed by atoms with Gasteiger partial charge in [-0.25, -0.2) is 9.59 Å². The summed E-state index contributed by atoms with van der Waals surface area (Å²) >= 11 is 0. The van der Waals surface area contributed by atoms with E-state index in [9.17, 15) is 14.4 Å². The van der Waals surface area contributed by atoms with Crippen LogP contribution in [0.25, 0.3) is 0 Å². The number of anilines is 1. The Labute approximate surface area is 196 Å². The predicted octanol–water partition coefficient (Wildman–Crippen LogP) is 3.48. The molecule has 0 spiro atoms. The van der Waals surface area contributed by atoms with Gasteiger partial charge in [0.05, 0.1) is 13.0 Å². The molecular weight excluding hydrogens is 424 g/mol. The fourth-order valence-electron chi connectivity index (χ4n) is 3.47. The van der Waals surface area contributed by atoms with Gasteiger partial charge < -0.3 is 29.9 Å². The third kappa shape index (κ3) is 8.14. The highest BCUT2D eigenvalue weighted by molar-refractivity contribution is 5.90. The molecule has 0 aromatic heterocycles. The highest BCUT2D eigenvalue weighted by Gasteiger charge is 2.30. The van der Waals surface area contributed by atoms with Crippen LogP contribution in [0.2, 0.25) is 0 Å². The zero-order valence-corrected chi connectivity index (χ0v) is 21.0. The van der Waals surface area contributed by atoms with Crippen molar-refractivity contribution in [3.8, 4) is 5.75 Å². The largest absolute Gasteiger partial charge is 0.488 e. The number of urea groups is 1. The number of rotatable bonds is 4. The number of nitrogens with one attached hydrogen (secondary N) is 2. The smallest absolute Gasteiger partial charge is 0.410 e. The van der Waals surface area contributed by atoms with Crippen LogP contribution in [0.4, 0.5) is 15.3 Å². The molecule has 0 bridgehead atoms. The van der Waals surface area contributed by atoms with Gasteiger partial charge in [0, 0.05) is 43.9 Å². The Morgan fingerprint density at radius 3 is 2.58 bits per heavy atom. The highest BCUT2D eigenvalue weighted by atomic mass is 16.6. The molecular formula is C24H38N4O5. The molecule has 0 unspecified atom stereocenters. The molecule has 0 aliphatic carbocycles. The molecule has 4 amide bonds. The molecule has 184 valence electrons. The van der Waals surface area contributed by atoms with Crippen molar-refractivity contribution in [2.45, 2.75) is 65.7 Å². The first-order valence-electron chi connectivity index (χ1n) is 11.3. The average Bonchev–Trinajstić information content (AvgIpc) is 2.69. The number of hydrogen-bond acceptors (Lipinski definition) is 5. The zero-order valence-electron chi connectivity index (χ0n) is 21.0. The minimum absolute atomic E-state index is 0.000575. The molecule has 2 rings (SSSR count). The number of benzene rings is 1. The van der Waals surface area contributed by atoms with E-state index in [-0.39, 0.29) is 36.4 Å². The molecule has 33 heavy (non-hydrogen) atoms. The van der Waals surface area contributed by atoms with Crippen LogP contribution >= 0.6 is 0 Å². The first-order valence-corrected chi connectivity index (χ1v) is 11.3. The summed E-state index contributed by atoms with van der Waals surface area (Å²) in [6, 6.07) is 4.94. The average molecular weight is 463 g/mol. The SMILES string of the molecule is CC(C)NC(=O)Nc1ccc2c(c1)CC(=O)N(C)C[C@@H](C)[C@H](CN(C)C(=O)OC(C)(C)C)O2. The van der Waals surface area contributed by atoms with Crippen molar-refractivity contribution < 1.29 is 23.9 Å². The van der Waals surface area contributed by atoms with Crippen molar-refractivity contribution in [3.05, 3.63) is 23.8 Å². The van der Waals surface area contributed by atoms with Crippen molar-refractivity contribution in [2.75, 3.05) is 32.5 Å². The van der Waals surface area contributed by atoms with Crippen molar-refractivity contribution in [2.24, 2.45) is 5.92 Å². The van der Waals surface area contributed by atoms with E-state index >= 15 is 0 Å². The second-order valence-electron chi connectivity index (χ2n) is 10.0. The number of hydrogen-bond donors (Lipinski definition) is 2. The summed E-state index contributed by atoms with van der Waals surface area (Å²) < 4.78 is 11.8. The Morgan fingerprint density at radius 1 is 1.30 bits per heavy atom. The molecule has 2 atom stereocenters. The molecule has 0 fully saturated rings. The van der Waals surface area contributed by atoms with Gasteiger partial charge in [0.25, 0.3) is 0 Å². The summed E-state index contributed by atoms with van der Waals surface area (Å²) in [4.78, 5) is 40.5. The van der Waals surface area contributed by atoms with Gasteiger partial charge >= 0.3 is 12.1 Å². The zero-order chi connectivity index (χ0) is 24.9. The van der Waals surface area contributed by atoms with E-state index in [4.69, 9.17) is 9.47 Å². The van der Waals surface area contributed by atoms with E-state index in [1.807, 2.05) is 41.5 Å². The Kier molecular flexibility index (Phi) is 8.57. The fourth-order valence-corrected chi connectivity index (χ4v) is 3.47. The van der Waals surface area contributed by atoms with Crippen LogP contribution in [0, 0.1) is 5.92 Å². The Hall–Kier alpha value is -2.97. The third-order valence-corrected chi connectivity index (χ3v) is 5.14. The maximum Gasteiger partial charge on any atom is 0.410 e. The highest BCUT2D eigenvalue weighted by Crippen LogP contribution is 2.28. The summed E-state index contributed by atoms with van der Waals surface area (Å²) in [5, 5.41) is 5.56. The van der Waals surface area contributed by atoms with E-state index < -0.39 is 11.7 Å². The van der Waals surface area contributed by atoms with Gasteiger partial charge in [-0.1, -0.05) is 6.92 Å². The summed E-state index contributed by atoms with van der Waals surface area (Å²) in [5.74, 6) is 0.476. The lowest BCUT2D eigenvalue weighted by Crippen LogP contribution is -2.45. The maximum atomic E-state index is 12.8. The van der Waals surface area contributed by atoms with Gasteiger partial charge in [-0.2, -0.15) is 0 Å². The van der Waals surface area contributed by atoms with E-state index in [2.05, 4.69) is 10.6 Å². The number of ether oxygens (including phenoxy) is 2. The van der Waals surface area contributed by atoms with Crippen LogP contribution in [0.15, 0.2) is 18.2 Å². The molecule has 9 heteroatoms. The lowest BCUT2D eigenvalue weighted by atomic mass is 10.0. The molecule has 9 nitrogen and oxygen atoms in total. The molecule has 1 aliphatic heterocycles. The number of carbonyl (C=O) groups excluding carboxylic acids is 3. The summed E-state index contributed by atoms with van der Waals surface area (Å²) in [6.07, 6.45) is -0.648. The van der Waals surface area contributed by atoms with Crippen LogP contribution < -0.4 is 15.4 Å². The van der Waals surface area contributed by atoms with E-state index in [0.717, 1.165) is 0 Å². The quantitative estimate of drug-likeness (QED) is 0.714. The molecule has 1 aromatic carbocycles. The normalized spacial score (nSPS) is 18.9. The van der Waals surface area contributed by atoms with Crippen molar-refractivity contribution >= 4 is 23.7 Å². The van der Waals surface area contributed by atoms with Crippen LogP contribution in [-0.4, -0.2) is 72.8 Å². The van der Waals surface area contributed by atoms with Crippen molar-refractivity contribution in [3.63, 3.8) is 0 Å². The predicted molar refractivity (Wildman–Crippen MR) is 128 cm³/mol. The first kappa shape index (κ1) is 26.3. The second kappa shape index (κ2) is 10.8. The number of likely N-dealkylation sites (N-methyl/N-ethyl adjacent to an activating group) is 2. The number of carbonyl (C=O) groups is 3. The van der Waals surface area contributed by atoms with Gasteiger partial charge in [0.15, 0.2) is 0 Å². The molecule has 0 saturated carbocycles. The first-order chi connectivity index (χ1) is 15.2. The Balaban J connectivity index is 2.27. The minimum Gasteiger partial charge on any atom is -0.488 e. The number of nitrogens with zero attached hydrogens (tertiary/aromatic N) is 2. The van der Waals surface area contributed by atoms with E-state index in [0.29, 0.717) is 30.1 Å². The molecule has 2 N–H and O–H groups in total. The van der Waals surface area contributed by atoms with E-state index in [1.54, 1.807) is 37.2 Å². The van der Waals surface area contributed by atoms with Gasteiger partial charge in [-0.15, -0.1) is 0 Å². The van der Waals surface area contributed by atoms with Gasteiger partial charge in [-0.05, 0) is 52.8 Å². The second-order valence-corrected chi connectivity index (χ2v) is 10.0. The number of amides is 4. The van der Waals surface area contributed by atoms with Gasteiger partial charge in [-0.3, -0.25) is 4.79 Å². The Bertz CT molecular complexity index is 865. The lowest BCUT2D eigenvalue weighted by molar-refractivity contribution is -0.129. The van der Waals surface area contributed by atoms with Crippen molar-refractivity contribution in [1.29, 1.82) is 0 Å². The monoisotopic (exact) mass is 462 g/mol. The summed E-state index contributed by atoms with van der Waals surface area (Å²) in [5.41, 5.74) is 0.648. The number of fused-ring (bicyclic) bond motifs is 1. The summed E-state index contributed by atoms with van der Waals surface area (Å²) in [6.45, 7) is 12.0. The van der Waals surface area contributed by atoms with Crippen LogP contribution in [-0.2, 0) is 16.0 Å².